The largest absolute Gasteiger partial charge is 0.206 e. The lowest BCUT2D eigenvalue weighted by atomic mass is 10.3. The Morgan fingerprint density at radius 1 is 0.857 bits per heavy atom. The Kier molecular flexibility index (Phi) is 1.29. The number of nitrogens with zero attached hydrogens (tertiary/aromatic N) is 8. The van der Waals surface area contributed by atoms with Gasteiger partial charge in [0.15, 0.2) is 5.65 Å². The van der Waals surface area contributed by atoms with Crippen LogP contribution in [0.4, 0.5) is 0 Å². The van der Waals surface area contributed by atoms with Crippen LogP contribution in [0.3, 0.4) is 0 Å². The van der Waals surface area contributed by atoms with E-state index in [0.29, 0.717) is 16.8 Å². The normalized spacial score (nSPS) is 10.9. The van der Waals surface area contributed by atoms with Crippen molar-refractivity contribution < 1.29 is 0 Å². The molecular formula is C6H2N8. The molecule has 3 rings (SSSR count). The number of fused-ring (bicyclic) bond motifs is 2. The molecule has 3 heterocycles. The summed E-state index contributed by atoms with van der Waals surface area (Å²) in [6, 6.07) is 1.74. The zero-order valence-corrected chi connectivity index (χ0v) is 6.73. The van der Waals surface area contributed by atoms with Crippen molar-refractivity contribution in [1.29, 1.82) is 0 Å². The van der Waals surface area contributed by atoms with Gasteiger partial charge in [0.2, 0.25) is 5.65 Å². The lowest BCUT2D eigenvalue weighted by molar-refractivity contribution is 0.790. The van der Waals surface area contributed by atoms with E-state index < -0.39 is 0 Å². The number of pyridine rings is 1. The predicted octanol–water partition coefficient (Wildman–Crippen LogP) is -0.847. The van der Waals surface area contributed by atoms with Gasteiger partial charge in [-0.3, -0.25) is 0 Å². The number of hydrogen-bond donors (Lipinski definition) is 0. The third kappa shape index (κ3) is 0.937. The fourth-order valence-corrected chi connectivity index (χ4v) is 1.11. The van der Waals surface area contributed by atoms with Gasteiger partial charge in [0.25, 0.3) is 0 Å². The molecule has 8 nitrogen and oxygen atoms in total. The third-order valence-electron chi connectivity index (χ3n) is 1.71. The molecule has 66 valence electrons. The minimum Gasteiger partial charge on any atom is -0.203 e. The van der Waals surface area contributed by atoms with Gasteiger partial charge in [-0.15, -0.1) is 20.4 Å². The third-order valence-corrected chi connectivity index (χ3v) is 1.71. The second kappa shape index (κ2) is 2.55. The van der Waals surface area contributed by atoms with Gasteiger partial charge in [0, 0.05) is 5.39 Å². The first-order valence-corrected chi connectivity index (χ1v) is 3.74. The zero-order valence-electron chi connectivity index (χ0n) is 6.73. The second-order valence-electron chi connectivity index (χ2n) is 2.56. The van der Waals surface area contributed by atoms with Crippen LogP contribution in [0.5, 0.6) is 0 Å². The van der Waals surface area contributed by atoms with Crippen LogP contribution in [-0.4, -0.2) is 41.0 Å². The molecule has 0 atom stereocenters. The highest BCUT2D eigenvalue weighted by Crippen LogP contribution is 2.10. The quantitative estimate of drug-likeness (QED) is 0.418. The molecule has 8 heteroatoms. The molecule has 0 spiro atoms. The van der Waals surface area contributed by atoms with Gasteiger partial charge in [-0.05, 0) is 21.7 Å². The Hall–Kier alpha value is -2.38. The molecule has 0 aliphatic heterocycles. The van der Waals surface area contributed by atoms with Crippen LogP contribution in [0.25, 0.3) is 22.2 Å². The highest BCUT2D eigenvalue weighted by molar-refractivity contribution is 5.85. The first kappa shape index (κ1) is 7.06. The van der Waals surface area contributed by atoms with Crippen LogP contribution in [0.1, 0.15) is 0 Å². The minimum atomic E-state index is 0.396. The van der Waals surface area contributed by atoms with Gasteiger partial charge in [-0.1, -0.05) is 0 Å². The number of rotatable bonds is 0. The molecule has 0 aromatic carbocycles. The van der Waals surface area contributed by atoms with Gasteiger partial charge in [-0.25, -0.2) is 4.98 Å². The van der Waals surface area contributed by atoms with Crippen molar-refractivity contribution in [3.05, 3.63) is 12.3 Å². The summed E-state index contributed by atoms with van der Waals surface area (Å²) in [6.45, 7) is 0. The molecular weight excluding hydrogens is 184 g/mol. The van der Waals surface area contributed by atoms with Crippen LogP contribution in [0, 0.1) is 0 Å². The molecule has 0 fully saturated rings. The van der Waals surface area contributed by atoms with Crippen molar-refractivity contribution in [2.75, 3.05) is 0 Å². The molecule has 0 radical (unpaired) electrons. The first-order chi connectivity index (χ1) is 6.93. The molecule has 3 aromatic rings. The fraction of sp³-hybridized carbons (Fsp3) is 0. The van der Waals surface area contributed by atoms with E-state index in [0.717, 1.165) is 5.39 Å². The molecule has 3 aromatic heterocycles. The fourth-order valence-electron chi connectivity index (χ4n) is 1.11. The maximum atomic E-state index is 4.09. The van der Waals surface area contributed by atoms with Gasteiger partial charge < -0.3 is 0 Å². The molecule has 0 saturated heterocycles. The monoisotopic (exact) mass is 186 g/mol. The van der Waals surface area contributed by atoms with E-state index in [1.807, 2.05) is 0 Å². The summed E-state index contributed by atoms with van der Waals surface area (Å²) in [7, 11) is 0. The van der Waals surface area contributed by atoms with E-state index in [1.165, 1.54) is 0 Å². The van der Waals surface area contributed by atoms with E-state index in [1.54, 1.807) is 12.3 Å². The first-order valence-electron chi connectivity index (χ1n) is 3.74. The SMILES string of the molecule is c1nnnc2nc3nnnnc3cc12. The van der Waals surface area contributed by atoms with E-state index >= 15 is 0 Å². The number of hydrogen-bond acceptors (Lipinski definition) is 8. The maximum absolute atomic E-state index is 4.09. The Morgan fingerprint density at radius 2 is 1.71 bits per heavy atom. The predicted molar refractivity (Wildman–Crippen MR) is 43.8 cm³/mol. The van der Waals surface area contributed by atoms with Crippen molar-refractivity contribution >= 4 is 22.2 Å². The second-order valence-corrected chi connectivity index (χ2v) is 2.56. The highest BCUT2D eigenvalue weighted by atomic mass is 15.4. The molecule has 0 amide bonds. The average Bonchev–Trinajstić information content (AvgIpc) is 2.26. The Bertz CT molecular complexity index is 503. The van der Waals surface area contributed by atoms with Gasteiger partial charge in [0.05, 0.1) is 6.20 Å². The molecule has 14 heavy (non-hydrogen) atoms. The van der Waals surface area contributed by atoms with Crippen LogP contribution in [0.15, 0.2) is 12.3 Å². The summed E-state index contributed by atoms with van der Waals surface area (Å²) in [6.07, 6.45) is 1.55. The minimum absolute atomic E-state index is 0.396. The summed E-state index contributed by atoms with van der Waals surface area (Å²) in [5, 5.41) is 25.9. The number of aromatic nitrogens is 8. The molecule has 0 N–H and O–H groups in total. The van der Waals surface area contributed by atoms with E-state index in [4.69, 9.17) is 0 Å². The van der Waals surface area contributed by atoms with Gasteiger partial charge in [-0.2, -0.15) is 0 Å². The van der Waals surface area contributed by atoms with E-state index in [9.17, 15) is 0 Å². The smallest absolute Gasteiger partial charge is 0.203 e. The lowest BCUT2D eigenvalue weighted by Gasteiger charge is -1.94. The van der Waals surface area contributed by atoms with E-state index in [-0.39, 0.29) is 0 Å². The summed E-state index contributed by atoms with van der Waals surface area (Å²) < 4.78 is 0. The van der Waals surface area contributed by atoms with Crippen LogP contribution < -0.4 is 0 Å². The summed E-state index contributed by atoms with van der Waals surface area (Å²) in [5.41, 5.74) is 1.42. The van der Waals surface area contributed by atoms with E-state index in [2.05, 4.69) is 41.0 Å². The molecule has 0 bridgehead atoms. The van der Waals surface area contributed by atoms with Crippen LogP contribution in [-0.2, 0) is 0 Å². The highest BCUT2D eigenvalue weighted by Gasteiger charge is 2.03. The van der Waals surface area contributed by atoms with Gasteiger partial charge in [0.1, 0.15) is 5.52 Å². The molecule has 0 unspecified atom stereocenters. The summed E-state index contributed by atoms with van der Waals surface area (Å²) >= 11 is 0. The lowest BCUT2D eigenvalue weighted by Crippen LogP contribution is -1.97. The average molecular weight is 186 g/mol. The van der Waals surface area contributed by atoms with Crippen molar-refractivity contribution in [1.82, 2.24) is 41.0 Å². The molecule has 0 aliphatic carbocycles. The maximum Gasteiger partial charge on any atom is 0.206 e. The summed E-state index contributed by atoms with van der Waals surface area (Å²) in [5.74, 6) is 0. The molecule has 0 saturated carbocycles. The summed E-state index contributed by atoms with van der Waals surface area (Å²) in [4.78, 5) is 4.09. The van der Waals surface area contributed by atoms with Gasteiger partial charge >= 0.3 is 0 Å². The standard InChI is InChI=1S/C6H2N8/c1-3-2-7-12-10-5(3)8-6-4(1)9-13-14-11-6/h1-2H. The Labute approximate surface area is 76.4 Å². The van der Waals surface area contributed by atoms with Crippen molar-refractivity contribution in [3.8, 4) is 0 Å². The van der Waals surface area contributed by atoms with Crippen molar-refractivity contribution in [2.24, 2.45) is 0 Å². The van der Waals surface area contributed by atoms with Crippen molar-refractivity contribution in [3.63, 3.8) is 0 Å². The van der Waals surface area contributed by atoms with Crippen LogP contribution >= 0.6 is 0 Å². The van der Waals surface area contributed by atoms with Crippen LogP contribution in [0.2, 0.25) is 0 Å². The Balaban J connectivity index is 2.52. The zero-order chi connectivity index (χ0) is 9.38. The molecule has 0 aliphatic rings. The van der Waals surface area contributed by atoms with Crippen molar-refractivity contribution in [2.45, 2.75) is 0 Å². The topological polar surface area (TPSA) is 103 Å². The Morgan fingerprint density at radius 3 is 2.71 bits per heavy atom.